The predicted molar refractivity (Wildman–Crippen MR) is 74.4 cm³/mol. The molecule has 2 nitrogen and oxygen atoms in total. The van der Waals surface area contributed by atoms with Gasteiger partial charge in [-0.25, -0.2) is 0 Å². The van der Waals surface area contributed by atoms with Gasteiger partial charge in [0.25, 0.3) is 0 Å². The largest absolute Gasteiger partial charge is 0.360 e. The highest BCUT2D eigenvalue weighted by Gasteiger charge is 2.14. The molecule has 1 heterocycles. The van der Waals surface area contributed by atoms with Crippen LogP contribution in [0.3, 0.4) is 0 Å². The van der Waals surface area contributed by atoms with Crippen LogP contribution in [0.25, 0.3) is 10.9 Å². The molecular weight excluding hydrogens is 278 g/mol. The molecule has 2 rings (SSSR count). The van der Waals surface area contributed by atoms with Crippen molar-refractivity contribution < 1.29 is 4.79 Å². The minimum Gasteiger partial charge on any atom is -0.360 e. The lowest BCUT2D eigenvalue weighted by Gasteiger charge is -2.06. The van der Waals surface area contributed by atoms with Crippen LogP contribution < -0.4 is 0 Å². The van der Waals surface area contributed by atoms with E-state index in [1.807, 2.05) is 24.4 Å². The van der Waals surface area contributed by atoms with Crippen LogP contribution in [0.5, 0.6) is 0 Å². The number of fused-ring (bicyclic) bond motifs is 1. The highest BCUT2D eigenvalue weighted by atomic mass is 79.9. The van der Waals surface area contributed by atoms with Crippen LogP contribution in [-0.2, 0) is 0 Å². The predicted octanol–water partition coefficient (Wildman–Crippen LogP) is 4.55. The van der Waals surface area contributed by atoms with Crippen LogP contribution in [0.2, 0.25) is 0 Å². The normalized spacial score (nSPS) is 12.9. The number of ketones is 1. The van der Waals surface area contributed by atoms with Gasteiger partial charge in [-0.1, -0.05) is 36.2 Å². The molecule has 1 unspecified atom stereocenters. The summed E-state index contributed by atoms with van der Waals surface area (Å²) in [5.74, 6) is 0.670. The smallest absolute Gasteiger partial charge is 0.165 e. The summed E-state index contributed by atoms with van der Waals surface area (Å²) in [5, 5.41) is 1.01. The van der Waals surface area contributed by atoms with Gasteiger partial charge in [0.15, 0.2) is 5.78 Å². The zero-order chi connectivity index (χ0) is 12.4. The van der Waals surface area contributed by atoms with Gasteiger partial charge >= 0.3 is 0 Å². The minimum atomic E-state index is 0.226. The maximum atomic E-state index is 12.2. The topological polar surface area (TPSA) is 32.9 Å². The van der Waals surface area contributed by atoms with Crippen LogP contribution in [0.15, 0.2) is 28.9 Å². The van der Waals surface area contributed by atoms with Gasteiger partial charge in [-0.3, -0.25) is 4.79 Å². The lowest BCUT2D eigenvalue weighted by Crippen LogP contribution is -2.04. The number of hydrogen-bond acceptors (Lipinski definition) is 1. The highest BCUT2D eigenvalue weighted by molar-refractivity contribution is 9.10. The molecule has 17 heavy (non-hydrogen) atoms. The Balaban J connectivity index is 2.35. The summed E-state index contributed by atoms with van der Waals surface area (Å²) < 4.78 is 1.00. The van der Waals surface area contributed by atoms with E-state index in [0.717, 1.165) is 27.4 Å². The molecule has 1 atom stereocenters. The Bertz CT molecular complexity index is 544. The Morgan fingerprint density at radius 1 is 1.47 bits per heavy atom. The first-order valence-electron chi connectivity index (χ1n) is 5.91. The maximum absolute atomic E-state index is 12.2. The summed E-state index contributed by atoms with van der Waals surface area (Å²) in [4.78, 5) is 15.3. The Labute approximate surface area is 110 Å². The molecule has 0 fully saturated rings. The molecule has 0 aliphatic heterocycles. The van der Waals surface area contributed by atoms with Gasteiger partial charge in [-0.05, 0) is 24.1 Å². The zero-order valence-corrected chi connectivity index (χ0v) is 11.7. The lowest BCUT2D eigenvalue weighted by molar-refractivity contribution is 0.0965. The average molecular weight is 294 g/mol. The number of halogens is 1. The molecule has 1 aromatic heterocycles. The molecule has 0 radical (unpaired) electrons. The first-order chi connectivity index (χ1) is 8.11. The van der Waals surface area contributed by atoms with E-state index in [4.69, 9.17) is 0 Å². The van der Waals surface area contributed by atoms with Crippen LogP contribution in [0, 0.1) is 5.92 Å². The number of rotatable bonds is 4. The van der Waals surface area contributed by atoms with E-state index < -0.39 is 0 Å². The molecule has 1 N–H and O–H groups in total. The number of H-pyrrole nitrogens is 1. The van der Waals surface area contributed by atoms with E-state index in [2.05, 4.69) is 34.8 Å². The first-order valence-corrected chi connectivity index (χ1v) is 6.71. The summed E-state index contributed by atoms with van der Waals surface area (Å²) in [5.41, 5.74) is 1.82. The fourth-order valence-corrected chi connectivity index (χ4v) is 2.26. The lowest BCUT2D eigenvalue weighted by atomic mass is 9.97. The third-order valence-corrected chi connectivity index (χ3v) is 3.67. The second kappa shape index (κ2) is 5.05. The van der Waals surface area contributed by atoms with Crippen LogP contribution in [0.1, 0.15) is 37.0 Å². The molecule has 0 spiro atoms. The SMILES string of the molecule is CCC(C)CC(=O)c1c[nH]c2ccc(Br)cc12. The summed E-state index contributed by atoms with van der Waals surface area (Å²) in [7, 11) is 0. The molecule has 3 heteroatoms. The van der Waals surface area contributed by atoms with Crippen molar-refractivity contribution in [2.45, 2.75) is 26.7 Å². The molecule has 0 aliphatic rings. The average Bonchev–Trinajstić information content (AvgIpc) is 2.71. The summed E-state index contributed by atoms with van der Waals surface area (Å²) >= 11 is 3.44. The number of benzene rings is 1. The number of nitrogens with one attached hydrogen (secondary N) is 1. The monoisotopic (exact) mass is 293 g/mol. The Kier molecular flexibility index (Phi) is 3.67. The number of hydrogen-bond donors (Lipinski definition) is 1. The van der Waals surface area contributed by atoms with Crippen molar-refractivity contribution >= 4 is 32.6 Å². The van der Waals surface area contributed by atoms with E-state index in [1.165, 1.54) is 0 Å². The molecular formula is C14H16BrNO. The van der Waals surface area contributed by atoms with Crippen molar-refractivity contribution in [3.63, 3.8) is 0 Å². The van der Waals surface area contributed by atoms with Gasteiger partial charge in [-0.2, -0.15) is 0 Å². The number of carbonyl (C=O) groups is 1. The second-order valence-corrected chi connectivity index (χ2v) is 5.45. The molecule has 90 valence electrons. The Hall–Kier alpha value is -1.09. The molecule has 0 saturated heterocycles. The number of Topliss-reactive ketones (excluding diaryl/α,β-unsaturated/α-hetero) is 1. The van der Waals surface area contributed by atoms with Crippen LogP contribution >= 0.6 is 15.9 Å². The third-order valence-electron chi connectivity index (χ3n) is 3.17. The molecule has 0 aliphatic carbocycles. The molecule has 0 amide bonds. The van der Waals surface area contributed by atoms with Crippen molar-refractivity contribution in [3.8, 4) is 0 Å². The van der Waals surface area contributed by atoms with E-state index in [-0.39, 0.29) is 5.78 Å². The van der Waals surface area contributed by atoms with Gasteiger partial charge in [0.05, 0.1) is 0 Å². The summed E-state index contributed by atoms with van der Waals surface area (Å²) in [6, 6.07) is 5.96. The number of aromatic amines is 1. The second-order valence-electron chi connectivity index (χ2n) is 4.53. The van der Waals surface area contributed by atoms with Crippen molar-refractivity contribution in [2.24, 2.45) is 5.92 Å². The standard InChI is InChI=1S/C14H16BrNO/c1-3-9(2)6-14(17)12-8-16-13-5-4-10(15)7-11(12)13/h4-5,7-9,16H,3,6H2,1-2H3. The van der Waals surface area contributed by atoms with E-state index in [1.54, 1.807) is 0 Å². The van der Waals surface area contributed by atoms with Gasteiger partial charge in [0.1, 0.15) is 0 Å². The van der Waals surface area contributed by atoms with E-state index in [0.29, 0.717) is 12.3 Å². The van der Waals surface area contributed by atoms with Gasteiger partial charge in [0.2, 0.25) is 0 Å². The first kappa shape index (κ1) is 12.4. The van der Waals surface area contributed by atoms with Crippen molar-refractivity contribution in [1.82, 2.24) is 4.98 Å². The molecule has 0 bridgehead atoms. The molecule has 0 saturated carbocycles. The van der Waals surface area contributed by atoms with E-state index >= 15 is 0 Å². The zero-order valence-electron chi connectivity index (χ0n) is 10.1. The van der Waals surface area contributed by atoms with Crippen molar-refractivity contribution in [3.05, 3.63) is 34.4 Å². The fraction of sp³-hybridized carbons (Fsp3) is 0.357. The van der Waals surface area contributed by atoms with Crippen LogP contribution in [0.4, 0.5) is 0 Å². The van der Waals surface area contributed by atoms with Crippen molar-refractivity contribution in [2.75, 3.05) is 0 Å². The quantitative estimate of drug-likeness (QED) is 0.824. The van der Waals surface area contributed by atoms with Crippen LogP contribution in [-0.4, -0.2) is 10.8 Å². The molecule has 1 aromatic carbocycles. The molecule has 2 aromatic rings. The highest BCUT2D eigenvalue weighted by Crippen LogP contribution is 2.24. The van der Waals surface area contributed by atoms with Crippen molar-refractivity contribution in [1.29, 1.82) is 0 Å². The maximum Gasteiger partial charge on any atom is 0.165 e. The van der Waals surface area contributed by atoms with E-state index in [9.17, 15) is 4.79 Å². The Morgan fingerprint density at radius 2 is 2.24 bits per heavy atom. The van der Waals surface area contributed by atoms with Gasteiger partial charge in [0, 0.05) is 33.6 Å². The number of carbonyl (C=O) groups excluding carboxylic acids is 1. The van der Waals surface area contributed by atoms with Gasteiger partial charge in [-0.15, -0.1) is 0 Å². The fourth-order valence-electron chi connectivity index (χ4n) is 1.89. The van der Waals surface area contributed by atoms with Gasteiger partial charge < -0.3 is 4.98 Å². The minimum absolute atomic E-state index is 0.226. The third kappa shape index (κ3) is 2.60. The summed E-state index contributed by atoms with van der Waals surface area (Å²) in [6.07, 6.45) is 3.48. The summed E-state index contributed by atoms with van der Waals surface area (Å²) in [6.45, 7) is 4.23. The Morgan fingerprint density at radius 3 is 2.94 bits per heavy atom. The number of aromatic nitrogens is 1.